The summed E-state index contributed by atoms with van der Waals surface area (Å²) in [6.45, 7) is 0.129. The lowest BCUT2D eigenvalue weighted by molar-refractivity contribution is -0.138. The largest absolute Gasteiger partial charge is 0.391 e. The van der Waals surface area contributed by atoms with Gasteiger partial charge in [-0.15, -0.1) is 0 Å². The molecule has 192 valence electrons. The van der Waals surface area contributed by atoms with Gasteiger partial charge in [0.25, 0.3) is 11.8 Å². The molecule has 2 amide bonds. The number of carbonyl (C=O) groups is 2. The Labute approximate surface area is 225 Å². The van der Waals surface area contributed by atoms with E-state index in [9.17, 15) is 14.7 Å². The molecule has 1 aliphatic heterocycles. The van der Waals surface area contributed by atoms with Gasteiger partial charge in [-0.2, -0.15) is 0 Å². The summed E-state index contributed by atoms with van der Waals surface area (Å²) in [4.78, 5) is 39.1. The van der Waals surface area contributed by atoms with Gasteiger partial charge < -0.3 is 10.0 Å². The van der Waals surface area contributed by atoms with Crippen LogP contribution in [0.1, 0.15) is 64.7 Å². The minimum Gasteiger partial charge on any atom is -0.391 e. The number of carbonyl (C=O) groups excluding carboxylic acids is 2. The van der Waals surface area contributed by atoms with Gasteiger partial charge in [-0.3, -0.25) is 19.4 Å². The lowest BCUT2D eigenvalue weighted by atomic mass is 9.77. The molecule has 0 spiro atoms. The van der Waals surface area contributed by atoms with E-state index in [1.807, 2.05) is 6.07 Å². The van der Waals surface area contributed by atoms with Crippen molar-refractivity contribution in [3.63, 3.8) is 0 Å². The van der Waals surface area contributed by atoms with Crippen LogP contribution in [0, 0.1) is 0 Å². The number of aliphatic hydroxyl groups excluding tert-OH is 1. The van der Waals surface area contributed by atoms with Crippen molar-refractivity contribution < 1.29 is 19.5 Å². The third-order valence-corrected chi connectivity index (χ3v) is 7.69. The lowest BCUT2D eigenvalue weighted by Crippen LogP contribution is -2.55. The highest BCUT2D eigenvalue weighted by Crippen LogP contribution is 2.47. The average Bonchev–Trinajstić information content (AvgIpc) is 2.90. The first kappa shape index (κ1) is 25.7. The fourth-order valence-electron chi connectivity index (χ4n) is 5.43. The molecule has 0 unspecified atom stereocenters. The predicted molar refractivity (Wildman–Crippen MR) is 140 cm³/mol. The number of benzene rings is 2. The summed E-state index contributed by atoms with van der Waals surface area (Å²) in [5, 5.41) is 11.8. The number of halogens is 2. The zero-order valence-electron chi connectivity index (χ0n) is 20.0. The van der Waals surface area contributed by atoms with Gasteiger partial charge in [0.15, 0.2) is 0 Å². The van der Waals surface area contributed by atoms with Crippen LogP contribution < -0.4 is 5.48 Å². The van der Waals surface area contributed by atoms with Crippen molar-refractivity contribution in [3.8, 4) is 0 Å². The number of nitrogens with one attached hydrogen (secondary N) is 1. The van der Waals surface area contributed by atoms with E-state index in [2.05, 4.69) is 10.5 Å². The molecule has 0 radical (unpaired) electrons. The molecule has 4 atom stereocenters. The summed E-state index contributed by atoms with van der Waals surface area (Å²) in [6.07, 6.45) is 5.58. The van der Waals surface area contributed by atoms with Crippen LogP contribution >= 0.6 is 23.2 Å². The van der Waals surface area contributed by atoms with Crippen LogP contribution in [0.2, 0.25) is 10.0 Å². The third kappa shape index (κ3) is 5.22. The highest BCUT2D eigenvalue weighted by atomic mass is 35.5. The Morgan fingerprint density at radius 1 is 1.08 bits per heavy atom. The Bertz CT molecular complexity index is 1290. The highest BCUT2D eigenvalue weighted by Gasteiger charge is 2.49. The second kappa shape index (κ2) is 11.2. The topological polar surface area (TPSA) is 91.8 Å². The zero-order chi connectivity index (χ0) is 25.9. The summed E-state index contributed by atoms with van der Waals surface area (Å²) >= 11 is 12.9. The van der Waals surface area contributed by atoms with E-state index in [-0.39, 0.29) is 12.5 Å². The molecule has 3 aromatic rings. The molecule has 2 N–H and O–H groups in total. The normalized spacial score (nSPS) is 23.4. The molecule has 0 bridgehead atoms. The van der Waals surface area contributed by atoms with Gasteiger partial charge in [0.05, 0.1) is 24.1 Å². The molecule has 1 aromatic heterocycles. The fourth-order valence-corrected chi connectivity index (χ4v) is 5.95. The molecule has 1 saturated carbocycles. The first-order chi connectivity index (χ1) is 18.0. The van der Waals surface area contributed by atoms with Crippen LogP contribution in [0.3, 0.4) is 0 Å². The van der Waals surface area contributed by atoms with Crippen molar-refractivity contribution in [1.29, 1.82) is 0 Å². The summed E-state index contributed by atoms with van der Waals surface area (Å²) < 4.78 is 0. The molecule has 5 rings (SSSR count). The van der Waals surface area contributed by atoms with Gasteiger partial charge in [-0.05, 0) is 53.8 Å². The van der Waals surface area contributed by atoms with Crippen LogP contribution in [0.15, 0.2) is 67.0 Å². The van der Waals surface area contributed by atoms with Crippen LogP contribution in [0.5, 0.6) is 0 Å². The number of aromatic nitrogens is 1. The Hall–Kier alpha value is -2.97. The van der Waals surface area contributed by atoms with Crippen LogP contribution in [0.4, 0.5) is 0 Å². The summed E-state index contributed by atoms with van der Waals surface area (Å²) in [6, 6.07) is 14.5. The zero-order valence-corrected chi connectivity index (χ0v) is 21.5. The van der Waals surface area contributed by atoms with Crippen molar-refractivity contribution in [2.24, 2.45) is 0 Å². The summed E-state index contributed by atoms with van der Waals surface area (Å²) in [7, 11) is 0. The minimum atomic E-state index is -0.837. The molecular formula is C28H27Cl2N3O4. The number of aliphatic hydroxyl groups is 1. The number of rotatable bonds is 6. The quantitative estimate of drug-likeness (QED) is 0.419. The van der Waals surface area contributed by atoms with Crippen molar-refractivity contribution in [1.82, 2.24) is 15.4 Å². The van der Waals surface area contributed by atoms with E-state index in [4.69, 9.17) is 28.0 Å². The molecular weight excluding hydrogens is 513 g/mol. The fraction of sp³-hybridized carbons (Fsp3) is 0.321. The molecule has 2 aliphatic rings. The molecule has 2 aromatic carbocycles. The maximum atomic E-state index is 14.0. The molecule has 0 saturated heterocycles. The molecule has 1 fully saturated rings. The Balaban J connectivity index is 1.57. The number of nitrogens with zero attached hydrogens (tertiary/aromatic N) is 2. The standard InChI is InChI=1S/C28H27Cl2N3O4/c29-18-11-12-21(22(30)14-18)26-25(27(35)32-37-16-17-6-5-13-31-15-17)19-7-1-2-8-20(19)28(36)33(26)23-9-3-4-10-24(23)34/h1-2,5-8,11-15,23-26,34H,3-4,9-10,16H2,(H,32,35)/t23-,24-,25+,26-/m0/s1. The maximum Gasteiger partial charge on any atom is 0.255 e. The molecule has 1 aliphatic carbocycles. The van der Waals surface area contributed by atoms with Crippen molar-refractivity contribution >= 4 is 35.0 Å². The monoisotopic (exact) mass is 539 g/mol. The highest BCUT2D eigenvalue weighted by molar-refractivity contribution is 6.35. The Kier molecular flexibility index (Phi) is 7.76. The van der Waals surface area contributed by atoms with Gasteiger partial charge in [0, 0.05) is 28.0 Å². The number of amides is 2. The predicted octanol–water partition coefficient (Wildman–Crippen LogP) is 5.22. The summed E-state index contributed by atoms with van der Waals surface area (Å²) in [5.41, 5.74) is 4.97. The minimum absolute atomic E-state index is 0.129. The molecule has 37 heavy (non-hydrogen) atoms. The van der Waals surface area contributed by atoms with E-state index in [1.54, 1.807) is 65.8 Å². The maximum absolute atomic E-state index is 14.0. The SMILES string of the molecule is O=C(NOCc1cccnc1)[C@@H]1c2ccccc2C(=O)N([C@H]2CCCC[C@@H]2O)[C@H]1c1ccc(Cl)cc1Cl. The molecule has 2 heterocycles. The number of fused-ring (bicyclic) bond motifs is 1. The van der Waals surface area contributed by atoms with Gasteiger partial charge >= 0.3 is 0 Å². The summed E-state index contributed by atoms with van der Waals surface area (Å²) in [5.74, 6) is -1.50. The van der Waals surface area contributed by atoms with Gasteiger partial charge in [-0.1, -0.05) is 66.4 Å². The van der Waals surface area contributed by atoms with Crippen molar-refractivity contribution in [2.75, 3.05) is 0 Å². The van der Waals surface area contributed by atoms with Crippen molar-refractivity contribution in [2.45, 2.75) is 56.4 Å². The van der Waals surface area contributed by atoms with Crippen LogP contribution in [-0.2, 0) is 16.2 Å². The van der Waals surface area contributed by atoms with Gasteiger partial charge in [0.1, 0.15) is 6.61 Å². The van der Waals surface area contributed by atoms with E-state index >= 15 is 0 Å². The number of hydrogen-bond acceptors (Lipinski definition) is 5. The number of hydroxylamine groups is 1. The Morgan fingerprint density at radius 2 is 1.89 bits per heavy atom. The third-order valence-electron chi connectivity index (χ3n) is 7.13. The van der Waals surface area contributed by atoms with E-state index in [0.717, 1.165) is 18.4 Å². The first-order valence-electron chi connectivity index (χ1n) is 12.3. The first-order valence-corrected chi connectivity index (χ1v) is 13.1. The van der Waals surface area contributed by atoms with Gasteiger partial charge in [-0.25, -0.2) is 5.48 Å². The van der Waals surface area contributed by atoms with Gasteiger partial charge in [0.2, 0.25) is 0 Å². The molecule has 9 heteroatoms. The van der Waals surface area contributed by atoms with Crippen LogP contribution in [0.25, 0.3) is 0 Å². The number of pyridine rings is 1. The lowest BCUT2D eigenvalue weighted by Gasteiger charge is -2.48. The second-order valence-corrected chi connectivity index (χ2v) is 10.3. The van der Waals surface area contributed by atoms with E-state index < -0.39 is 30.0 Å². The number of hydrogen-bond donors (Lipinski definition) is 2. The molecule has 7 nitrogen and oxygen atoms in total. The van der Waals surface area contributed by atoms with Crippen LogP contribution in [-0.4, -0.2) is 39.0 Å². The van der Waals surface area contributed by atoms with E-state index in [0.29, 0.717) is 39.6 Å². The van der Waals surface area contributed by atoms with Crippen molar-refractivity contribution in [3.05, 3.63) is 99.3 Å². The average molecular weight is 540 g/mol. The Morgan fingerprint density at radius 3 is 2.65 bits per heavy atom. The van der Waals surface area contributed by atoms with E-state index in [1.165, 1.54) is 0 Å². The smallest absolute Gasteiger partial charge is 0.255 e. The second-order valence-electron chi connectivity index (χ2n) is 9.42.